The van der Waals surface area contributed by atoms with Crippen LogP contribution in [0.4, 0.5) is 17.2 Å². The van der Waals surface area contributed by atoms with Crippen molar-refractivity contribution in [3.63, 3.8) is 0 Å². The lowest BCUT2D eigenvalue weighted by Gasteiger charge is -2.31. The molecule has 9 heteroatoms. The van der Waals surface area contributed by atoms with E-state index in [1.165, 1.54) is 6.33 Å². The van der Waals surface area contributed by atoms with Gasteiger partial charge in [0.2, 0.25) is 0 Å². The number of aromatic nitrogens is 3. The molecule has 0 aliphatic carbocycles. The third kappa shape index (κ3) is 4.56. The second-order valence-corrected chi connectivity index (χ2v) is 9.30. The first kappa shape index (κ1) is 24.2. The molecule has 0 saturated carbocycles. The largest absolute Gasteiger partial charge is 0.394 e. The Morgan fingerprint density at radius 1 is 1.14 bits per heavy atom. The SMILES string of the molecule is C=CCN1C(=O)c2ccc(Nc3cc(N[C@H](CO)c4ccccc4)c(-c4ncno4)cn3)cc2C1(C)C. The Morgan fingerprint density at radius 3 is 2.65 bits per heavy atom. The third-order valence-electron chi connectivity index (χ3n) is 6.62. The Hall–Kier alpha value is -4.50. The Labute approximate surface area is 214 Å². The fourth-order valence-corrected chi connectivity index (χ4v) is 4.66. The number of hydrogen-bond donors (Lipinski definition) is 3. The second kappa shape index (κ2) is 9.87. The first-order valence-electron chi connectivity index (χ1n) is 12.0. The van der Waals surface area contributed by atoms with Gasteiger partial charge in [0.1, 0.15) is 5.82 Å². The summed E-state index contributed by atoms with van der Waals surface area (Å²) in [5, 5.41) is 20.6. The van der Waals surface area contributed by atoms with Crippen molar-refractivity contribution < 1.29 is 14.4 Å². The highest BCUT2D eigenvalue weighted by Gasteiger charge is 2.42. The van der Waals surface area contributed by atoms with Gasteiger partial charge in [0.25, 0.3) is 11.8 Å². The minimum absolute atomic E-state index is 0.00377. The summed E-state index contributed by atoms with van der Waals surface area (Å²) in [7, 11) is 0. The van der Waals surface area contributed by atoms with Crippen LogP contribution >= 0.6 is 0 Å². The van der Waals surface area contributed by atoms with E-state index in [1.54, 1.807) is 12.3 Å². The molecule has 2 aromatic heterocycles. The first-order chi connectivity index (χ1) is 17.9. The van der Waals surface area contributed by atoms with E-state index in [-0.39, 0.29) is 18.6 Å². The molecule has 3 N–H and O–H groups in total. The maximum absolute atomic E-state index is 12.9. The van der Waals surface area contributed by atoms with Gasteiger partial charge in [-0.25, -0.2) is 4.98 Å². The molecule has 5 rings (SSSR count). The molecule has 1 aliphatic rings. The summed E-state index contributed by atoms with van der Waals surface area (Å²) in [4.78, 5) is 23.4. The summed E-state index contributed by atoms with van der Waals surface area (Å²) in [5.41, 5.74) is 4.16. The van der Waals surface area contributed by atoms with Crippen molar-refractivity contribution >= 4 is 23.1 Å². The summed E-state index contributed by atoms with van der Waals surface area (Å²) in [6.45, 7) is 8.21. The molecule has 0 bridgehead atoms. The lowest BCUT2D eigenvalue weighted by Crippen LogP contribution is -2.39. The number of aliphatic hydroxyl groups is 1. The number of nitrogens with one attached hydrogen (secondary N) is 2. The van der Waals surface area contributed by atoms with Crippen molar-refractivity contribution in [3.8, 4) is 11.5 Å². The molecule has 1 amide bonds. The van der Waals surface area contributed by atoms with Crippen LogP contribution in [0.3, 0.4) is 0 Å². The van der Waals surface area contributed by atoms with Crippen molar-refractivity contribution in [3.05, 3.63) is 96.5 Å². The van der Waals surface area contributed by atoms with Gasteiger partial charge in [0, 0.05) is 30.1 Å². The van der Waals surface area contributed by atoms with E-state index in [0.29, 0.717) is 35.1 Å². The van der Waals surface area contributed by atoms with Gasteiger partial charge in [-0.3, -0.25) is 4.79 Å². The smallest absolute Gasteiger partial charge is 0.261 e. The molecule has 0 radical (unpaired) electrons. The van der Waals surface area contributed by atoms with Gasteiger partial charge in [-0.2, -0.15) is 4.98 Å². The third-order valence-corrected chi connectivity index (χ3v) is 6.62. The van der Waals surface area contributed by atoms with E-state index in [1.807, 2.05) is 73.3 Å². The Bertz CT molecular complexity index is 1420. The number of benzene rings is 2. The number of pyridine rings is 1. The highest BCUT2D eigenvalue weighted by atomic mass is 16.5. The maximum Gasteiger partial charge on any atom is 0.261 e. The van der Waals surface area contributed by atoms with Crippen molar-refractivity contribution in [2.75, 3.05) is 23.8 Å². The molecular weight excluding hydrogens is 468 g/mol. The monoisotopic (exact) mass is 496 g/mol. The van der Waals surface area contributed by atoms with Crippen molar-refractivity contribution in [2.24, 2.45) is 0 Å². The highest BCUT2D eigenvalue weighted by Crippen LogP contribution is 2.40. The summed E-state index contributed by atoms with van der Waals surface area (Å²) in [6, 6.07) is 16.8. The Kier molecular flexibility index (Phi) is 6.45. The lowest BCUT2D eigenvalue weighted by molar-refractivity contribution is 0.0652. The van der Waals surface area contributed by atoms with E-state index >= 15 is 0 Å². The minimum Gasteiger partial charge on any atom is -0.394 e. The number of hydrogen-bond acceptors (Lipinski definition) is 8. The van der Waals surface area contributed by atoms with Crippen LogP contribution < -0.4 is 10.6 Å². The van der Waals surface area contributed by atoms with Crippen molar-refractivity contribution in [1.82, 2.24) is 20.0 Å². The highest BCUT2D eigenvalue weighted by molar-refractivity contribution is 6.00. The molecule has 188 valence electrons. The number of rotatable bonds is 9. The summed E-state index contributed by atoms with van der Waals surface area (Å²) in [6.07, 6.45) is 4.71. The average molecular weight is 497 g/mol. The van der Waals surface area contributed by atoms with Crippen molar-refractivity contribution in [2.45, 2.75) is 25.4 Å². The fourth-order valence-electron chi connectivity index (χ4n) is 4.66. The van der Waals surface area contributed by atoms with Crippen molar-refractivity contribution in [1.29, 1.82) is 0 Å². The molecule has 4 aromatic rings. The molecule has 0 saturated heterocycles. The summed E-state index contributed by atoms with van der Waals surface area (Å²) < 4.78 is 5.28. The van der Waals surface area contributed by atoms with E-state index in [2.05, 4.69) is 32.3 Å². The van der Waals surface area contributed by atoms with Gasteiger partial charge < -0.3 is 25.2 Å². The Morgan fingerprint density at radius 2 is 1.95 bits per heavy atom. The van der Waals surface area contributed by atoms with E-state index in [9.17, 15) is 9.90 Å². The molecular formula is C28H28N6O3. The van der Waals surface area contributed by atoms with Gasteiger partial charge in [0.15, 0.2) is 6.33 Å². The fraction of sp³-hybridized carbons (Fsp3) is 0.214. The van der Waals surface area contributed by atoms with Crippen LogP contribution in [0.1, 0.15) is 41.4 Å². The zero-order valence-corrected chi connectivity index (χ0v) is 20.7. The molecule has 3 heterocycles. The number of nitrogens with zero attached hydrogens (tertiary/aromatic N) is 4. The van der Waals surface area contributed by atoms with Crippen LogP contribution in [0.15, 0.2) is 84.3 Å². The quantitative estimate of drug-likeness (QED) is 0.280. The van der Waals surface area contributed by atoms with Gasteiger partial charge in [-0.1, -0.05) is 41.6 Å². The topological polar surface area (TPSA) is 116 Å². The summed E-state index contributed by atoms with van der Waals surface area (Å²) >= 11 is 0. The van der Waals surface area contributed by atoms with Gasteiger partial charge in [0.05, 0.1) is 29.4 Å². The van der Waals surface area contributed by atoms with Gasteiger partial charge in [-0.15, -0.1) is 6.58 Å². The van der Waals surface area contributed by atoms with Crippen LogP contribution in [0.2, 0.25) is 0 Å². The normalized spacial score (nSPS) is 14.8. The lowest BCUT2D eigenvalue weighted by atomic mass is 9.93. The minimum atomic E-state index is -0.468. The first-order valence-corrected chi connectivity index (χ1v) is 12.0. The summed E-state index contributed by atoms with van der Waals surface area (Å²) in [5.74, 6) is 0.878. The second-order valence-electron chi connectivity index (χ2n) is 9.30. The number of carbonyl (C=O) groups is 1. The predicted molar refractivity (Wildman–Crippen MR) is 141 cm³/mol. The number of fused-ring (bicyclic) bond motifs is 1. The zero-order valence-electron chi connectivity index (χ0n) is 20.7. The predicted octanol–water partition coefficient (Wildman–Crippen LogP) is 4.90. The van der Waals surface area contributed by atoms with Gasteiger partial charge >= 0.3 is 0 Å². The molecule has 1 aliphatic heterocycles. The number of anilines is 3. The molecule has 0 spiro atoms. The number of carbonyl (C=O) groups excluding carboxylic acids is 1. The van der Waals surface area contributed by atoms with E-state index in [4.69, 9.17) is 4.52 Å². The molecule has 9 nitrogen and oxygen atoms in total. The van der Waals surface area contributed by atoms with Crippen LogP contribution in [0.25, 0.3) is 11.5 Å². The van der Waals surface area contributed by atoms with Crippen LogP contribution in [0, 0.1) is 0 Å². The number of aliphatic hydroxyl groups excluding tert-OH is 1. The molecule has 0 unspecified atom stereocenters. The number of amides is 1. The van der Waals surface area contributed by atoms with Gasteiger partial charge in [-0.05, 0) is 43.2 Å². The van der Waals surface area contributed by atoms with Crippen LogP contribution in [0.5, 0.6) is 0 Å². The van der Waals surface area contributed by atoms with E-state index < -0.39 is 5.54 Å². The average Bonchev–Trinajstić information content (AvgIpc) is 3.50. The zero-order chi connectivity index (χ0) is 26.0. The molecule has 2 aromatic carbocycles. The van der Waals surface area contributed by atoms with Crippen LogP contribution in [-0.4, -0.2) is 44.2 Å². The molecule has 1 atom stereocenters. The molecule has 0 fully saturated rings. The maximum atomic E-state index is 12.9. The molecule has 37 heavy (non-hydrogen) atoms. The Balaban J connectivity index is 1.47. The van der Waals surface area contributed by atoms with Crippen LogP contribution in [-0.2, 0) is 5.54 Å². The standard InChI is InChI=1S/C28H28N6O3/c1-4-12-34-27(36)20-11-10-19(13-22(20)28(34,2)3)32-25-14-23(21(15-29-25)26-30-17-31-37-26)33-24(16-35)18-8-6-5-7-9-18/h4-11,13-15,17,24,35H,1,12,16H2,2-3H3,(H2,29,32,33)/t24-/m1/s1. The van der Waals surface area contributed by atoms with E-state index in [0.717, 1.165) is 16.8 Å².